The molecule has 3 aromatic rings. The molecule has 1 aliphatic heterocycles. The van der Waals surface area contributed by atoms with E-state index in [0.29, 0.717) is 24.2 Å². The molecule has 0 aliphatic carbocycles. The first-order valence-electron chi connectivity index (χ1n) is 9.45. The van der Waals surface area contributed by atoms with Crippen molar-refractivity contribution in [3.63, 3.8) is 0 Å². The zero-order valence-electron chi connectivity index (χ0n) is 16.1. The van der Waals surface area contributed by atoms with E-state index in [1.807, 2.05) is 23.1 Å². The van der Waals surface area contributed by atoms with Crippen LogP contribution in [0.4, 0.5) is 0 Å². The maximum absolute atomic E-state index is 12.6. The summed E-state index contributed by atoms with van der Waals surface area (Å²) in [6.07, 6.45) is 0. The van der Waals surface area contributed by atoms with Gasteiger partial charge in [-0.15, -0.1) is 0 Å². The number of hydrogen-bond acceptors (Lipinski definition) is 6. The number of rotatable bonds is 4. The number of phenols is 1. The molecule has 1 N–H and O–H groups in total. The minimum absolute atomic E-state index is 0.0141. The van der Waals surface area contributed by atoms with Crippen molar-refractivity contribution < 1.29 is 23.8 Å². The lowest BCUT2D eigenvalue weighted by Crippen LogP contribution is -2.48. The predicted molar refractivity (Wildman–Crippen MR) is 107 cm³/mol. The fourth-order valence-electron chi connectivity index (χ4n) is 3.55. The van der Waals surface area contributed by atoms with Gasteiger partial charge in [0.25, 0.3) is 5.91 Å². The molecule has 1 aromatic heterocycles. The Balaban J connectivity index is 1.37. The zero-order valence-corrected chi connectivity index (χ0v) is 16.1. The molecule has 2 aromatic carbocycles. The molecule has 4 rings (SSSR count). The van der Waals surface area contributed by atoms with Gasteiger partial charge in [0, 0.05) is 43.7 Å². The van der Waals surface area contributed by atoms with Crippen LogP contribution in [0.15, 0.2) is 52.9 Å². The fraction of sp³-hybridized carbons (Fsp3) is 0.273. The lowest BCUT2D eigenvalue weighted by atomic mass is 10.1. The van der Waals surface area contributed by atoms with Crippen LogP contribution in [0.3, 0.4) is 0 Å². The van der Waals surface area contributed by atoms with Crippen LogP contribution in [0.2, 0.25) is 0 Å². The van der Waals surface area contributed by atoms with Crippen LogP contribution in [-0.2, 0) is 11.3 Å². The summed E-state index contributed by atoms with van der Waals surface area (Å²) in [5.41, 5.74) is 2.36. The van der Waals surface area contributed by atoms with Gasteiger partial charge in [0.15, 0.2) is 0 Å². The Labute approximate surface area is 168 Å². The van der Waals surface area contributed by atoms with Crippen molar-refractivity contribution in [2.45, 2.75) is 6.54 Å². The highest BCUT2D eigenvalue weighted by atomic mass is 16.5. The predicted octanol–water partition coefficient (Wildman–Crippen LogP) is 2.88. The first-order chi connectivity index (χ1) is 14.0. The van der Waals surface area contributed by atoms with Crippen LogP contribution >= 0.6 is 0 Å². The molecule has 0 radical (unpaired) electrons. The van der Waals surface area contributed by atoms with E-state index in [4.69, 9.17) is 9.15 Å². The van der Waals surface area contributed by atoms with Crippen LogP contribution in [0.25, 0.3) is 11.0 Å². The summed E-state index contributed by atoms with van der Waals surface area (Å²) >= 11 is 0. The van der Waals surface area contributed by atoms with Crippen molar-refractivity contribution in [3.8, 4) is 5.75 Å². The molecule has 1 fully saturated rings. The SMILES string of the molecule is COC(=O)c1cc2cc(CN3CCN(C(=O)c4ccc(O)cc4)CC3)ccc2o1. The van der Waals surface area contributed by atoms with Crippen molar-refractivity contribution in [2.24, 2.45) is 0 Å². The monoisotopic (exact) mass is 394 g/mol. The second-order valence-corrected chi connectivity index (χ2v) is 7.09. The van der Waals surface area contributed by atoms with Gasteiger partial charge in [0.05, 0.1) is 7.11 Å². The molecule has 0 unspecified atom stereocenters. The summed E-state index contributed by atoms with van der Waals surface area (Å²) in [4.78, 5) is 28.3. The van der Waals surface area contributed by atoms with E-state index >= 15 is 0 Å². The summed E-state index contributed by atoms with van der Waals surface area (Å²) in [5, 5.41) is 10.2. The Morgan fingerprint density at radius 3 is 2.45 bits per heavy atom. The van der Waals surface area contributed by atoms with Gasteiger partial charge in [-0.2, -0.15) is 0 Å². The van der Waals surface area contributed by atoms with E-state index in [9.17, 15) is 14.7 Å². The van der Waals surface area contributed by atoms with Crippen LogP contribution < -0.4 is 0 Å². The van der Waals surface area contributed by atoms with Crippen LogP contribution in [0.5, 0.6) is 5.75 Å². The number of hydrogen-bond donors (Lipinski definition) is 1. The summed E-state index contributed by atoms with van der Waals surface area (Å²) in [7, 11) is 1.33. The Bertz CT molecular complexity index is 1030. The number of phenolic OH excluding ortho intramolecular Hbond substituents is 1. The molecule has 0 atom stereocenters. The topological polar surface area (TPSA) is 83.2 Å². The second-order valence-electron chi connectivity index (χ2n) is 7.09. The second kappa shape index (κ2) is 7.97. The number of amides is 1. The summed E-state index contributed by atoms with van der Waals surface area (Å²) < 4.78 is 10.2. The lowest BCUT2D eigenvalue weighted by Gasteiger charge is -2.34. The molecule has 0 bridgehead atoms. The largest absolute Gasteiger partial charge is 0.508 e. The molecular weight excluding hydrogens is 372 g/mol. The molecule has 1 saturated heterocycles. The highest BCUT2D eigenvalue weighted by Gasteiger charge is 2.22. The van der Waals surface area contributed by atoms with Crippen molar-refractivity contribution in [3.05, 3.63) is 65.4 Å². The van der Waals surface area contributed by atoms with Crippen molar-refractivity contribution in [2.75, 3.05) is 33.3 Å². The zero-order chi connectivity index (χ0) is 20.4. The number of carbonyl (C=O) groups is 2. The van der Waals surface area contributed by atoms with Gasteiger partial charge in [-0.3, -0.25) is 9.69 Å². The van der Waals surface area contributed by atoms with Gasteiger partial charge in [-0.25, -0.2) is 4.79 Å². The highest BCUT2D eigenvalue weighted by Crippen LogP contribution is 2.22. The number of aromatic hydroxyl groups is 1. The molecular formula is C22H22N2O5. The minimum atomic E-state index is -0.489. The Kier molecular flexibility index (Phi) is 5.22. The molecule has 29 heavy (non-hydrogen) atoms. The van der Waals surface area contributed by atoms with Gasteiger partial charge in [0.2, 0.25) is 5.76 Å². The van der Waals surface area contributed by atoms with E-state index < -0.39 is 5.97 Å². The van der Waals surface area contributed by atoms with E-state index in [0.717, 1.165) is 30.6 Å². The number of ether oxygens (including phenoxy) is 1. The molecule has 2 heterocycles. The maximum Gasteiger partial charge on any atom is 0.373 e. The molecule has 1 aliphatic rings. The number of esters is 1. The number of fused-ring (bicyclic) bond motifs is 1. The normalized spacial score (nSPS) is 14.9. The number of carbonyl (C=O) groups excluding carboxylic acids is 2. The summed E-state index contributed by atoms with van der Waals surface area (Å²) in [6.45, 7) is 3.62. The number of benzene rings is 2. The number of furan rings is 1. The Morgan fingerprint density at radius 2 is 1.76 bits per heavy atom. The number of nitrogens with zero attached hydrogens (tertiary/aromatic N) is 2. The van der Waals surface area contributed by atoms with Crippen LogP contribution in [0.1, 0.15) is 26.5 Å². The third-order valence-corrected chi connectivity index (χ3v) is 5.15. The first kappa shape index (κ1) is 19.0. The summed E-state index contributed by atoms with van der Waals surface area (Å²) in [5.74, 6) is -0.155. The summed E-state index contributed by atoms with van der Waals surface area (Å²) in [6, 6.07) is 13.9. The smallest absolute Gasteiger partial charge is 0.373 e. The molecule has 1 amide bonds. The van der Waals surface area contributed by atoms with E-state index in [1.165, 1.54) is 19.2 Å². The molecule has 7 heteroatoms. The average Bonchev–Trinajstić information content (AvgIpc) is 3.17. The average molecular weight is 394 g/mol. The number of methoxy groups -OCH3 is 1. The third-order valence-electron chi connectivity index (χ3n) is 5.15. The van der Waals surface area contributed by atoms with Gasteiger partial charge >= 0.3 is 5.97 Å². The van der Waals surface area contributed by atoms with Gasteiger partial charge in [-0.1, -0.05) is 6.07 Å². The molecule has 7 nitrogen and oxygen atoms in total. The van der Waals surface area contributed by atoms with Gasteiger partial charge < -0.3 is 19.2 Å². The van der Waals surface area contributed by atoms with Crippen molar-refractivity contribution in [1.82, 2.24) is 9.80 Å². The fourth-order valence-corrected chi connectivity index (χ4v) is 3.55. The van der Waals surface area contributed by atoms with Crippen LogP contribution in [-0.4, -0.2) is 60.1 Å². The Hall–Kier alpha value is -3.32. The lowest BCUT2D eigenvalue weighted by molar-refractivity contribution is 0.0567. The molecule has 150 valence electrons. The Morgan fingerprint density at radius 1 is 1.03 bits per heavy atom. The molecule has 0 saturated carbocycles. The first-order valence-corrected chi connectivity index (χ1v) is 9.45. The minimum Gasteiger partial charge on any atom is -0.508 e. The quantitative estimate of drug-likeness (QED) is 0.685. The van der Waals surface area contributed by atoms with Gasteiger partial charge in [-0.05, 0) is 48.0 Å². The van der Waals surface area contributed by atoms with Crippen molar-refractivity contribution >= 4 is 22.8 Å². The maximum atomic E-state index is 12.6. The standard InChI is InChI=1S/C22H22N2O5/c1-28-22(27)20-13-17-12-15(2-7-19(17)29-20)14-23-8-10-24(11-9-23)21(26)16-3-5-18(25)6-4-16/h2-7,12-13,25H,8-11,14H2,1H3. The highest BCUT2D eigenvalue weighted by molar-refractivity contribution is 5.94. The van der Waals surface area contributed by atoms with E-state index in [2.05, 4.69) is 4.90 Å². The van der Waals surface area contributed by atoms with Crippen LogP contribution in [0, 0.1) is 0 Å². The van der Waals surface area contributed by atoms with E-state index in [1.54, 1.807) is 18.2 Å². The van der Waals surface area contributed by atoms with Crippen molar-refractivity contribution in [1.29, 1.82) is 0 Å². The molecule has 0 spiro atoms. The van der Waals surface area contributed by atoms with E-state index in [-0.39, 0.29) is 17.4 Å². The van der Waals surface area contributed by atoms with Gasteiger partial charge in [0.1, 0.15) is 11.3 Å². The third kappa shape index (κ3) is 4.09. The number of piperazine rings is 1.